The highest BCUT2D eigenvalue weighted by molar-refractivity contribution is 5.84. The van der Waals surface area contributed by atoms with E-state index in [1.165, 1.54) is 6.92 Å². The fraction of sp³-hybridized carbons (Fsp3) is 0.667. The van der Waals surface area contributed by atoms with Crippen molar-refractivity contribution in [1.82, 2.24) is 14.4 Å². The molecular weight excluding hydrogens is 290 g/mol. The van der Waals surface area contributed by atoms with Gasteiger partial charge in [-0.05, 0) is 31.9 Å². The Morgan fingerprint density at radius 2 is 2.00 bits per heavy atom. The van der Waals surface area contributed by atoms with E-state index in [9.17, 15) is 9.59 Å². The van der Waals surface area contributed by atoms with Crippen LogP contribution in [0.4, 0.5) is 0 Å². The Morgan fingerprint density at radius 3 is 2.48 bits per heavy atom. The lowest BCUT2D eigenvalue weighted by molar-refractivity contribution is -0.141. The van der Waals surface area contributed by atoms with E-state index in [1.54, 1.807) is 4.90 Å². The monoisotopic (exact) mass is 321 g/mol. The number of carbonyl (C=O) groups is 2. The molecule has 0 N–H and O–H groups in total. The SMILES string of the molecule is CCCCN(Cc1cccn1C)C(=O)CN(C(C)=O)C(C)CC. The second-order valence-corrected chi connectivity index (χ2v) is 6.18. The van der Waals surface area contributed by atoms with Crippen molar-refractivity contribution in [3.63, 3.8) is 0 Å². The molecule has 1 aromatic heterocycles. The molecule has 1 unspecified atom stereocenters. The Kier molecular flexibility index (Phi) is 7.86. The molecule has 5 nitrogen and oxygen atoms in total. The van der Waals surface area contributed by atoms with Crippen molar-refractivity contribution < 1.29 is 9.59 Å². The van der Waals surface area contributed by atoms with Crippen molar-refractivity contribution in [2.24, 2.45) is 7.05 Å². The molecule has 0 fully saturated rings. The first-order chi connectivity index (χ1) is 10.9. The summed E-state index contributed by atoms with van der Waals surface area (Å²) in [5, 5.41) is 0. The molecule has 1 heterocycles. The van der Waals surface area contributed by atoms with E-state index >= 15 is 0 Å². The van der Waals surface area contributed by atoms with Crippen LogP contribution in [-0.4, -0.2) is 45.3 Å². The van der Waals surface area contributed by atoms with E-state index in [0.29, 0.717) is 6.54 Å². The van der Waals surface area contributed by atoms with Crippen molar-refractivity contribution in [2.45, 2.75) is 59.5 Å². The zero-order chi connectivity index (χ0) is 17.4. The van der Waals surface area contributed by atoms with Crippen molar-refractivity contribution in [2.75, 3.05) is 13.1 Å². The second-order valence-electron chi connectivity index (χ2n) is 6.18. The van der Waals surface area contributed by atoms with E-state index in [2.05, 4.69) is 6.92 Å². The molecule has 0 bridgehead atoms. The minimum Gasteiger partial charge on any atom is -0.353 e. The van der Waals surface area contributed by atoms with Crippen molar-refractivity contribution >= 4 is 11.8 Å². The minimum absolute atomic E-state index is 0.0233. The van der Waals surface area contributed by atoms with Crippen LogP contribution in [0.15, 0.2) is 18.3 Å². The summed E-state index contributed by atoms with van der Waals surface area (Å²) in [5.74, 6) is -0.0165. The highest BCUT2D eigenvalue weighted by Crippen LogP contribution is 2.10. The summed E-state index contributed by atoms with van der Waals surface area (Å²) in [6.07, 6.45) is 4.84. The predicted octanol–water partition coefficient (Wildman–Crippen LogP) is 2.80. The van der Waals surface area contributed by atoms with Gasteiger partial charge in [0.05, 0.1) is 13.1 Å². The summed E-state index contributed by atoms with van der Waals surface area (Å²) in [6, 6.07) is 4.10. The van der Waals surface area contributed by atoms with Crippen molar-refractivity contribution in [3.05, 3.63) is 24.0 Å². The zero-order valence-electron chi connectivity index (χ0n) is 15.2. The second kappa shape index (κ2) is 9.38. The summed E-state index contributed by atoms with van der Waals surface area (Å²) in [5.41, 5.74) is 1.10. The Bertz CT molecular complexity index is 510. The summed E-state index contributed by atoms with van der Waals surface area (Å²) in [7, 11) is 1.98. The van der Waals surface area contributed by atoms with Gasteiger partial charge in [0.15, 0.2) is 0 Å². The number of nitrogens with zero attached hydrogens (tertiary/aromatic N) is 3. The standard InChI is InChI=1S/C18H31N3O2/c1-6-8-12-20(13-17-10-9-11-19(17)5)18(23)14-21(16(4)22)15(3)7-2/h9-11,15H,6-8,12-14H2,1-5H3. The first kappa shape index (κ1) is 19.3. The summed E-state index contributed by atoms with van der Waals surface area (Å²) >= 11 is 0. The van der Waals surface area contributed by atoms with Gasteiger partial charge in [0.25, 0.3) is 0 Å². The van der Waals surface area contributed by atoms with E-state index in [-0.39, 0.29) is 24.4 Å². The molecule has 0 aliphatic heterocycles. The lowest BCUT2D eigenvalue weighted by atomic mass is 10.2. The van der Waals surface area contributed by atoms with Crippen LogP contribution in [-0.2, 0) is 23.2 Å². The Labute approximate surface area is 140 Å². The van der Waals surface area contributed by atoms with Crippen molar-refractivity contribution in [1.29, 1.82) is 0 Å². The van der Waals surface area contributed by atoms with Crippen LogP contribution in [0.5, 0.6) is 0 Å². The van der Waals surface area contributed by atoms with Crippen molar-refractivity contribution in [3.8, 4) is 0 Å². The maximum atomic E-state index is 12.7. The molecule has 1 rings (SSSR count). The maximum Gasteiger partial charge on any atom is 0.242 e. The number of carbonyl (C=O) groups excluding carboxylic acids is 2. The van der Waals surface area contributed by atoms with E-state index < -0.39 is 0 Å². The van der Waals surface area contributed by atoms with Gasteiger partial charge in [-0.25, -0.2) is 0 Å². The van der Waals surface area contributed by atoms with E-state index in [0.717, 1.165) is 31.5 Å². The topological polar surface area (TPSA) is 45.6 Å². The average Bonchev–Trinajstić information content (AvgIpc) is 2.92. The lowest BCUT2D eigenvalue weighted by Gasteiger charge is -2.30. The molecule has 0 radical (unpaired) electrons. The normalized spacial score (nSPS) is 12.0. The fourth-order valence-corrected chi connectivity index (χ4v) is 2.54. The number of hydrogen-bond donors (Lipinski definition) is 0. The van der Waals surface area contributed by atoms with Gasteiger partial charge in [-0.1, -0.05) is 20.3 Å². The molecule has 0 aliphatic rings. The van der Waals surface area contributed by atoms with Gasteiger partial charge in [-0.3, -0.25) is 9.59 Å². The highest BCUT2D eigenvalue weighted by Gasteiger charge is 2.22. The summed E-state index contributed by atoms with van der Waals surface area (Å²) < 4.78 is 2.03. The fourth-order valence-electron chi connectivity index (χ4n) is 2.54. The number of aryl methyl sites for hydroxylation is 1. The van der Waals surface area contributed by atoms with Crippen LogP contribution < -0.4 is 0 Å². The summed E-state index contributed by atoms with van der Waals surface area (Å²) in [4.78, 5) is 28.1. The van der Waals surface area contributed by atoms with Crippen LogP contribution >= 0.6 is 0 Å². The highest BCUT2D eigenvalue weighted by atomic mass is 16.2. The Balaban J connectivity index is 2.81. The largest absolute Gasteiger partial charge is 0.353 e. The van der Waals surface area contributed by atoms with E-state index in [4.69, 9.17) is 0 Å². The van der Waals surface area contributed by atoms with Crippen LogP contribution in [0.3, 0.4) is 0 Å². The van der Waals surface area contributed by atoms with Crippen LogP contribution in [0.2, 0.25) is 0 Å². The molecule has 23 heavy (non-hydrogen) atoms. The lowest BCUT2D eigenvalue weighted by Crippen LogP contribution is -2.46. The van der Waals surface area contributed by atoms with Gasteiger partial charge in [0.1, 0.15) is 0 Å². The number of hydrogen-bond acceptors (Lipinski definition) is 2. The zero-order valence-corrected chi connectivity index (χ0v) is 15.2. The molecule has 0 aromatic carbocycles. The third-order valence-electron chi connectivity index (χ3n) is 4.37. The molecule has 0 saturated heterocycles. The molecule has 1 aromatic rings. The van der Waals surface area contributed by atoms with Gasteiger partial charge in [-0.2, -0.15) is 0 Å². The molecule has 0 spiro atoms. The van der Waals surface area contributed by atoms with Gasteiger partial charge in [0, 0.05) is 38.4 Å². The number of amides is 2. The predicted molar refractivity (Wildman–Crippen MR) is 92.9 cm³/mol. The van der Waals surface area contributed by atoms with Gasteiger partial charge in [0.2, 0.25) is 11.8 Å². The Hall–Kier alpha value is -1.78. The molecule has 0 saturated carbocycles. The molecular formula is C18H31N3O2. The molecule has 2 amide bonds. The van der Waals surface area contributed by atoms with Gasteiger partial charge < -0.3 is 14.4 Å². The number of aromatic nitrogens is 1. The molecule has 1 atom stereocenters. The third-order valence-corrected chi connectivity index (χ3v) is 4.37. The number of unbranched alkanes of at least 4 members (excludes halogenated alkanes) is 1. The van der Waals surface area contributed by atoms with Gasteiger partial charge in [-0.15, -0.1) is 0 Å². The van der Waals surface area contributed by atoms with Crippen LogP contribution in [0, 0.1) is 0 Å². The number of rotatable bonds is 9. The maximum absolute atomic E-state index is 12.7. The first-order valence-electron chi connectivity index (χ1n) is 8.55. The van der Waals surface area contributed by atoms with E-state index in [1.807, 2.05) is 48.7 Å². The average molecular weight is 321 g/mol. The first-order valence-corrected chi connectivity index (χ1v) is 8.55. The smallest absolute Gasteiger partial charge is 0.242 e. The third kappa shape index (κ3) is 5.73. The minimum atomic E-state index is -0.0398. The molecule has 5 heteroatoms. The quantitative estimate of drug-likeness (QED) is 0.702. The van der Waals surface area contributed by atoms with Gasteiger partial charge >= 0.3 is 0 Å². The molecule has 130 valence electrons. The van der Waals surface area contributed by atoms with Crippen LogP contribution in [0.25, 0.3) is 0 Å². The molecule has 0 aliphatic carbocycles. The van der Waals surface area contributed by atoms with Crippen LogP contribution in [0.1, 0.15) is 52.7 Å². The summed E-state index contributed by atoms with van der Waals surface area (Å²) in [6.45, 7) is 9.16. The Morgan fingerprint density at radius 1 is 1.30 bits per heavy atom.